The number of rotatable bonds is 6. The van der Waals surface area contributed by atoms with Gasteiger partial charge in [-0.2, -0.15) is 0 Å². The summed E-state index contributed by atoms with van der Waals surface area (Å²) in [7, 11) is 1.71. The number of hydrogen-bond acceptors (Lipinski definition) is 5. The van der Waals surface area contributed by atoms with Gasteiger partial charge in [-0.3, -0.25) is 4.90 Å². The maximum Gasteiger partial charge on any atom is 0.414 e. The summed E-state index contributed by atoms with van der Waals surface area (Å²) in [4.78, 5) is 20.7. The molecule has 1 aliphatic heterocycles. The Kier molecular flexibility index (Phi) is 9.15. The van der Waals surface area contributed by atoms with Crippen molar-refractivity contribution in [2.24, 2.45) is 5.92 Å². The van der Waals surface area contributed by atoms with Crippen LogP contribution in [-0.4, -0.2) is 47.3 Å². The molecule has 1 saturated heterocycles. The maximum absolute atomic E-state index is 9.10. The molecule has 0 saturated carbocycles. The van der Waals surface area contributed by atoms with Crippen molar-refractivity contribution in [1.29, 1.82) is 0 Å². The molecule has 0 aromatic heterocycles. The SMILES string of the molecule is COc1cc(CN2CCC(C)CC2)ccc1OCc1ccccc1.O=C(O)C(=O)O. The number of hydrogen-bond donors (Lipinski definition) is 2. The number of ether oxygens (including phenoxy) is 2. The number of likely N-dealkylation sites (tertiary alicyclic amines) is 1. The summed E-state index contributed by atoms with van der Waals surface area (Å²) in [5.74, 6) is -1.17. The molecule has 7 heteroatoms. The van der Waals surface area contributed by atoms with E-state index in [1.807, 2.05) is 24.3 Å². The summed E-state index contributed by atoms with van der Waals surface area (Å²) >= 11 is 0. The lowest BCUT2D eigenvalue weighted by molar-refractivity contribution is -0.159. The molecule has 3 rings (SSSR count). The number of aliphatic carboxylic acids is 2. The van der Waals surface area contributed by atoms with E-state index in [1.165, 1.54) is 31.5 Å². The minimum atomic E-state index is -1.82. The highest BCUT2D eigenvalue weighted by molar-refractivity contribution is 6.27. The number of benzene rings is 2. The van der Waals surface area contributed by atoms with Gasteiger partial charge < -0.3 is 19.7 Å². The van der Waals surface area contributed by atoms with Crippen molar-refractivity contribution in [1.82, 2.24) is 4.90 Å². The smallest absolute Gasteiger partial charge is 0.414 e. The number of carbonyl (C=O) groups is 2. The van der Waals surface area contributed by atoms with Crippen LogP contribution in [0, 0.1) is 5.92 Å². The molecule has 0 aliphatic carbocycles. The molecule has 1 fully saturated rings. The molecule has 0 amide bonds. The second-order valence-corrected chi connectivity index (χ2v) is 7.33. The van der Waals surface area contributed by atoms with Gasteiger partial charge in [0.1, 0.15) is 6.61 Å². The quantitative estimate of drug-likeness (QED) is 0.695. The Morgan fingerprint density at radius 1 is 0.967 bits per heavy atom. The summed E-state index contributed by atoms with van der Waals surface area (Å²) < 4.78 is 11.5. The third-order valence-corrected chi connectivity index (χ3v) is 4.93. The first-order valence-corrected chi connectivity index (χ1v) is 9.91. The van der Waals surface area contributed by atoms with Gasteiger partial charge in [0.15, 0.2) is 11.5 Å². The third-order valence-electron chi connectivity index (χ3n) is 4.93. The third kappa shape index (κ3) is 7.75. The highest BCUT2D eigenvalue weighted by Crippen LogP contribution is 2.30. The predicted molar refractivity (Wildman–Crippen MR) is 113 cm³/mol. The van der Waals surface area contributed by atoms with Crippen molar-refractivity contribution >= 4 is 11.9 Å². The van der Waals surface area contributed by atoms with E-state index in [0.717, 1.165) is 29.5 Å². The van der Waals surface area contributed by atoms with Crippen molar-refractivity contribution in [3.05, 3.63) is 59.7 Å². The fraction of sp³-hybridized carbons (Fsp3) is 0.391. The molecule has 2 N–H and O–H groups in total. The van der Waals surface area contributed by atoms with Crippen molar-refractivity contribution in [2.75, 3.05) is 20.2 Å². The Balaban J connectivity index is 0.000000469. The van der Waals surface area contributed by atoms with E-state index in [1.54, 1.807) is 7.11 Å². The molecule has 2 aromatic carbocycles. The lowest BCUT2D eigenvalue weighted by Gasteiger charge is -2.30. The zero-order valence-electron chi connectivity index (χ0n) is 17.4. The first-order valence-electron chi connectivity index (χ1n) is 9.91. The standard InChI is InChI=1S/C21H27NO2.C2H2O4/c1-17-10-12-22(13-11-17)15-19-8-9-20(21(14-19)23-2)24-16-18-6-4-3-5-7-18;3-1(4)2(5)6/h3-9,14,17H,10-13,15-16H2,1-2H3;(H,3,4)(H,5,6). The van der Waals surface area contributed by atoms with Crippen LogP contribution in [0.5, 0.6) is 11.5 Å². The molecule has 0 unspecified atom stereocenters. The minimum Gasteiger partial charge on any atom is -0.493 e. The zero-order chi connectivity index (χ0) is 21.9. The van der Waals surface area contributed by atoms with Gasteiger partial charge in [0.25, 0.3) is 0 Å². The molecular weight excluding hydrogens is 386 g/mol. The van der Waals surface area contributed by atoms with E-state index >= 15 is 0 Å². The van der Waals surface area contributed by atoms with E-state index in [0.29, 0.717) is 6.61 Å². The molecule has 1 heterocycles. The minimum absolute atomic E-state index is 0.556. The Hall–Kier alpha value is -3.06. The summed E-state index contributed by atoms with van der Waals surface area (Å²) in [5.41, 5.74) is 2.44. The first-order chi connectivity index (χ1) is 14.4. The lowest BCUT2D eigenvalue weighted by Crippen LogP contribution is -2.32. The number of carboxylic acids is 2. The van der Waals surface area contributed by atoms with Gasteiger partial charge in [-0.1, -0.05) is 43.3 Å². The molecule has 0 radical (unpaired) electrons. The summed E-state index contributed by atoms with van der Waals surface area (Å²) in [5, 5.41) is 14.8. The van der Waals surface area contributed by atoms with Crippen molar-refractivity contribution in [3.63, 3.8) is 0 Å². The molecule has 0 spiro atoms. The topological polar surface area (TPSA) is 96.3 Å². The average molecular weight is 415 g/mol. The van der Waals surface area contributed by atoms with Gasteiger partial charge >= 0.3 is 11.9 Å². The lowest BCUT2D eigenvalue weighted by atomic mass is 9.99. The first kappa shape index (κ1) is 23.2. The van der Waals surface area contributed by atoms with E-state index in [-0.39, 0.29) is 0 Å². The number of methoxy groups -OCH3 is 1. The van der Waals surface area contributed by atoms with Gasteiger partial charge in [0.2, 0.25) is 0 Å². The second kappa shape index (κ2) is 11.8. The Morgan fingerprint density at radius 2 is 1.60 bits per heavy atom. The predicted octanol–water partition coefficient (Wildman–Crippen LogP) is 3.66. The van der Waals surface area contributed by atoms with Gasteiger partial charge in [-0.25, -0.2) is 9.59 Å². The number of carboxylic acid groups (broad SMARTS) is 2. The van der Waals surface area contributed by atoms with Crippen LogP contribution in [0.1, 0.15) is 30.9 Å². The molecule has 2 aromatic rings. The van der Waals surface area contributed by atoms with E-state index < -0.39 is 11.9 Å². The summed E-state index contributed by atoms with van der Waals surface area (Å²) in [6.45, 7) is 6.27. The number of piperidine rings is 1. The van der Waals surface area contributed by atoms with Gasteiger partial charge in [-0.05, 0) is 55.1 Å². The Morgan fingerprint density at radius 3 is 2.17 bits per heavy atom. The summed E-state index contributed by atoms with van der Waals surface area (Å²) in [6.07, 6.45) is 2.60. The van der Waals surface area contributed by atoms with Gasteiger partial charge in [0.05, 0.1) is 7.11 Å². The Labute approximate surface area is 176 Å². The van der Waals surface area contributed by atoms with E-state index in [2.05, 4.69) is 36.1 Å². The fourth-order valence-corrected chi connectivity index (χ4v) is 3.14. The van der Waals surface area contributed by atoms with Crippen molar-refractivity contribution < 1.29 is 29.3 Å². The van der Waals surface area contributed by atoms with E-state index in [4.69, 9.17) is 29.3 Å². The zero-order valence-corrected chi connectivity index (χ0v) is 17.4. The molecule has 162 valence electrons. The molecule has 0 bridgehead atoms. The van der Waals surface area contributed by atoms with Crippen LogP contribution in [0.15, 0.2) is 48.5 Å². The van der Waals surface area contributed by atoms with Crippen LogP contribution in [0.2, 0.25) is 0 Å². The number of nitrogens with zero attached hydrogens (tertiary/aromatic N) is 1. The normalized spacial score (nSPS) is 14.3. The highest BCUT2D eigenvalue weighted by Gasteiger charge is 2.16. The summed E-state index contributed by atoms with van der Waals surface area (Å²) in [6, 6.07) is 16.5. The van der Waals surface area contributed by atoms with Crippen LogP contribution in [0.4, 0.5) is 0 Å². The molecule has 0 atom stereocenters. The molecule has 30 heavy (non-hydrogen) atoms. The molecular formula is C23H29NO6. The largest absolute Gasteiger partial charge is 0.493 e. The van der Waals surface area contributed by atoms with E-state index in [9.17, 15) is 0 Å². The van der Waals surface area contributed by atoms with Crippen molar-refractivity contribution in [2.45, 2.75) is 32.9 Å². The average Bonchev–Trinajstić information content (AvgIpc) is 2.75. The Bertz CT molecular complexity index is 804. The molecule has 7 nitrogen and oxygen atoms in total. The van der Waals surface area contributed by atoms with Crippen LogP contribution in [-0.2, 0) is 22.7 Å². The monoisotopic (exact) mass is 415 g/mol. The fourth-order valence-electron chi connectivity index (χ4n) is 3.14. The van der Waals surface area contributed by atoms with Crippen LogP contribution in [0.3, 0.4) is 0 Å². The van der Waals surface area contributed by atoms with Crippen molar-refractivity contribution in [3.8, 4) is 11.5 Å². The second-order valence-electron chi connectivity index (χ2n) is 7.33. The van der Waals surface area contributed by atoms with Crippen LogP contribution >= 0.6 is 0 Å². The van der Waals surface area contributed by atoms with Crippen LogP contribution < -0.4 is 9.47 Å². The highest BCUT2D eigenvalue weighted by atomic mass is 16.5. The van der Waals surface area contributed by atoms with Gasteiger partial charge in [-0.15, -0.1) is 0 Å². The van der Waals surface area contributed by atoms with Crippen LogP contribution in [0.25, 0.3) is 0 Å². The molecule has 1 aliphatic rings. The van der Waals surface area contributed by atoms with Gasteiger partial charge in [0, 0.05) is 6.54 Å². The maximum atomic E-state index is 9.10.